The van der Waals surface area contributed by atoms with E-state index >= 15 is 0 Å². The van der Waals surface area contributed by atoms with Gasteiger partial charge in [-0.1, -0.05) is 18.2 Å². The van der Waals surface area contributed by atoms with Crippen LogP contribution >= 0.6 is 0 Å². The minimum absolute atomic E-state index is 0.135. The molecule has 0 saturated heterocycles. The van der Waals surface area contributed by atoms with Crippen molar-refractivity contribution in [2.45, 2.75) is 25.6 Å². The number of alkyl halides is 3. The van der Waals surface area contributed by atoms with E-state index in [1.165, 1.54) is 25.0 Å². The second-order valence-electron chi connectivity index (χ2n) is 6.64. The monoisotopic (exact) mass is 378 g/mol. The van der Waals surface area contributed by atoms with E-state index < -0.39 is 11.7 Å². The molecule has 2 aromatic carbocycles. The number of carbonyl (C=O) groups is 1. The summed E-state index contributed by atoms with van der Waals surface area (Å²) >= 11 is 0. The zero-order valence-corrected chi connectivity index (χ0v) is 14.7. The van der Waals surface area contributed by atoms with Crippen LogP contribution in [0.25, 0.3) is 0 Å². The number of nitrogens with one attached hydrogen (secondary N) is 2. The zero-order valence-electron chi connectivity index (χ0n) is 14.7. The maximum atomic E-state index is 12.7. The number of hydrogen-bond donors (Lipinski definition) is 2. The molecule has 27 heavy (non-hydrogen) atoms. The van der Waals surface area contributed by atoms with Gasteiger partial charge < -0.3 is 15.4 Å². The summed E-state index contributed by atoms with van der Waals surface area (Å²) in [5.41, 5.74) is 1.06. The maximum absolute atomic E-state index is 12.7. The minimum atomic E-state index is -4.41. The Bertz CT molecular complexity index is 789. The highest BCUT2D eigenvalue weighted by Crippen LogP contribution is 2.30. The van der Waals surface area contributed by atoms with Crippen LogP contribution < -0.4 is 10.6 Å². The summed E-state index contributed by atoms with van der Waals surface area (Å²) in [5, 5.41) is 5.44. The Morgan fingerprint density at radius 2 is 1.81 bits per heavy atom. The van der Waals surface area contributed by atoms with Crippen molar-refractivity contribution in [1.29, 1.82) is 0 Å². The SMILES string of the molecule is O=C(CNc1cccc(C(F)(F)F)c1)Nc1cccc(COCC2CC2)c1. The molecular weight excluding hydrogens is 357 g/mol. The third-order valence-corrected chi connectivity index (χ3v) is 4.17. The maximum Gasteiger partial charge on any atom is 0.416 e. The third kappa shape index (κ3) is 6.29. The number of halogens is 3. The number of rotatable bonds is 8. The molecule has 2 N–H and O–H groups in total. The van der Waals surface area contributed by atoms with E-state index in [4.69, 9.17) is 4.74 Å². The molecule has 0 aromatic heterocycles. The van der Waals surface area contributed by atoms with Crippen molar-refractivity contribution < 1.29 is 22.7 Å². The Morgan fingerprint density at radius 3 is 2.56 bits per heavy atom. The van der Waals surface area contributed by atoms with E-state index in [2.05, 4.69) is 10.6 Å². The van der Waals surface area contributed by atoms with Crippen molar-refractivity contribution in [2.75, 3.05) is 23.8 Å². The first-order chi connectivity index (χ1) is 12.9. The summed E-state index contributed by atoms with van der Waals surface area (Å²) in [6.07, 6.45) is -1.95. The van der Waals surface area contributed by atoms with Gasteiger partial charge in [-0.2, -0.15) is 13.2 Å². The van der Waals surface area contributed by atoms with Gasteiger partial charge in [-0.25, -0.2) is 0 Å². The fourth-order valence-corrected chi connectivity index (χ4v) is 2.56. The van der Waals surface area contributed by atoms with Crippen LogP contribution in [0, 0.1) is 5.92 Å². The predicted molar refractivity (Wildman–Crippen MR) is 97.4 cm³/mol. The van der Waals surface area contributed by atoms with Crippen LogP contribution in [0.2, 0.25) is 0 Å². The molecule has 7 heteroatoms. The van der Waals surface area contributed by atoms with Gasteiger partial charge in [-0.3, -0.25) is 4.79 Å². The van der Waals surface area contributed by atoms with E-state index in [1.807, 2.05) is 18.2 Å². The topological polar surface area (TPSA) is 50.4 Å². The number of ether oxygens (including phenoxy) is 1. The highest BCUT2D eigenvalue weighted by Gasteiger charge is 2.30. The zero-order chi connectivity index (χ0) is 19.3. The molecule has 1 saturated carbocycles. The Hall–Kier alpha value is -2.54. The molecule has 0 unspecified atom stereocenters. The highest BCUT2D eigenvalue weighted by molar-refractivity contribution is 5.93. The molecule has 0 radical (unpaired) electrons. The van der Waals surface area contributed by atoms with Crippen molar-refractivity contribution in [3.63, 3.8) is 0 Å². The van der Waals surface area contributed by atoms with Gasteiger partial charge in [0.1, 0.15) is 0 Å². The Morgan fingerprint density at radius 1 is 1.07 bits per heavy atom. The molecule has 1 amide bonds. The fraction of sp³-hybridized carbons (Fsp3) is 0.350. The molecule has 1 fully saturated rings. The predicted octanol–water partition coefficient (Wildman–Crippen LogP) is 4.68. The molecule has 0 atom stereocenters. The van der Waals surface area contributed by atoms with Crippen LogP contribution in [0.5, 0.6) is 0 Å². The van der Waals surface area contributed by atoms with Crippen LogP contribution in [0.3, 0.4) is 0 Å². The molecule has 1 aliphatic rings. The van der Waals surface area contributed by atoms with Crippen LogP contribution in [-0.4, -0.2) is 19.1 Å². The fourth-order valence-electron chi connectivity index (χ4n) is 2.56. The molecule has 3 rings (SSSR count). The van der Waals surface area contributed by atoms with Crippen molar-refractivity contribution in [3.8, 4) is 0 Å². The molecule has 1 aliphatic carbocycles. The second-order valence-corrected chi connectivity index (χ2v) is 6.64. The number of carbonyl (C=O) groups excluding carboxylic acids is 1. The van der Waals surface area contributed by atoms with Crippen LogP contribution in [0.4, 0.5) is 24.5 Å². The Labute approximate surface area is 155 Å². The number of hydrogen-bond acceptors (Lipinski definition) is 3. The van der Waals surface area contributed by atoms with Gasteiger partial charge in [-0.05, 0) is 54.7 Å². The van der Waals surface area contributed by atoms with E-state index in [0.717, 1.165) is 24.3 Å². The van der Waals surface area contributed by atoms with Crippen molar-refractivity contribution in [1.82, 2.24) is 0 Å². The van der Waals surface area contributed by atoms with Crippen LogP contribution in [0.1, 0.15) is 24.0 Å². The summed E-state index contributed by atoms with van der Waals surface area (Å²) in [5.74, 6) is 0.346. The molecule has 4 nitrogen and oxygen atoms in total. The molecule has 0 aliphatic heterocycles. The van der Waals surface area contributed by atoms with Gasteiger partial charge >= 0.3 is 6.18 Å². The molecule has 0 spiro atoms. The van der Waals surface area contributed by atoms with E-state index in [-0.39, 0.29) is 18.1 Å². The van der Waals surface area contributed by atoms with E-state index in [9.17, 15) is 18.0 Å². The van der Waals surface area contributed by atoms with E-state index in [0.29, 0.717) is 18.2 Å². The average molecular weight is 378 g/mol. The normalized spacial score (nSPS) is 14.0. The minimum Gasteiger partial charge on any atom is -0.376 e. The number of benzene rings is 2. The third-order valence-electron chi connectivity index (χ3n) is 4.17. The number of anilines is 2. The molecule has 0 bridgehead atoms. The van der Waals surface area contributed by atoms with Gasteiger partial charge in [0.25, 0.3) is 0 Å². The van der Waals surface area contributed by atoms with Crippen molar-refractivity contribution >= 4 is 17.3 Å². The van der Waals surface area contributed by atoms with Crippen LogP contribution in [-0.2, 0) is 22.3 Å². The number of amides is 1. The summed E-state index contributed by atoms with van der Waals surface area (Å²) in [7, 11) is 0. The summed E-state index contributed by atoms with van der Waals surface area (Å²) in [6.45, 7) is 1.11. The highest BCUT2D eigenvalue weighted by atomic mass is 19.4. The van der Waals surface area contributed by atoms with Crippen LogP contribution in [0.15, 0.2) is 48.5 Å². The van der Waals surface area contributed by atoms with Crippen molar-refractivity contribution in [3.05, 3.63) is 59.7 Å². The van der Waals surface area contributed by atoms with Gasteiger partial charge in [0, 0.05) is 18.0 Å². The summed E-state index contributed by atoms with van der Waals surface area (Å²) in [6, 6.07) is 12.1. The summed E-state index contributed by atoms with van der Waals surface area (Å²) in [4.78, 5) is 12.1. The first kappa shape index (κ1) is 19.2. The van der Waals surface area contributed by atoms with Gasteiger partial charge in [-0.15, -0.1) is 0 Å². The first-order valence-electron chi connectivity index (χ1n) is 8.78. The molecule has 0 heterocycles. The molecule has 2 aromatic rings. The largest absolute Gasteiger partial charge is 0.416 e. The lowest BCUT2D eigenvalue weighted by atomic mass is 10.2. The standard InChI is InChI=1S/C20H21F3N2O2/c21-20(22,23)16-4-2-5-17(10-16)24-11-19(26)25-18-6-1-3-15(9-18)13-27-12-14-7-8-14/h1-6,9-10,14,24H,7-8,11-13H2,(H,25,26). The Kier molecular flexibility index (Phi) is 6.01. The summed E-state index contributed by atoms with van der Waals surface area (Å²) < 4.78 is 43.8. The van der Waals surface area contributed by atoms with Gasteiger partial charge in [0.2, 0.25) is 5.91 Å². The lowest BCUT2D eigenvalue weighted by Crippen LogP contribution is -2.22. The van der Waals surface area contributed by atoms with E-state index in [1.54, 1.807) is 6.07 Å². The smallest absolute Gasteiger partial charge is 0.376 e. The van der Waals surface area contributed by atoms with Gasteiger partial charge in [0.05, 0.1) is 18.7 Å². The molecule has 144 valence electrons. The van der Waals surface area contributed by atoms with Gasteiger partial charge in [0.15, 0.2) is 0 Å². The lowest BCUT2D eigenvalue weighted by Gasteiger charge is -2.11. The molecular formula is C20H21F3N2O2. The Balaban J connectivity index is 1.49. The quantitative estimate of drug-likeness (QED) is 0.701. The second kappa shape index (κ2) is 8.43. The van der Waals surface area contributed by atoms with Crippen molar-refractivity contribution in [2.24, 2.45) is 5.92 Å². The lowest BCUT2D eigenvalue weighted by molar-refractivity contribution is -0.137. The first-order valence-corrected chi connectivity index (χ1v) is 8.78. The average Bonchev–Trinajstić information content (AvgIpc) is 3.44.